The maximum Gasteiger partial charge on any atom is 0.160 e. The first-order chi connectivity index (χ1) is 11.5. The average Bonchev–Trinajstić information content (AvgIpc) is 3.00. The zero-order valence-electron chi connectivity index (χ0n) is 13.3. The summed E-state index contributed by atoms with van der Waals surface area (Å²) < 4.78 is 15.8. The molecule has 2 atom stereocenters. The van der Waals surface area contributed by atoms with Crippen LogP contribution in [0.25, 0.3) is 0 Å². The molecule has 1 unspecified atom stereocenters. The summed E-state index contributed by atoms with van der Waals surface area (Å²) in [7, 11) is -1.41. The predicted octanol–water partition coefficient (Wildman–Crippen LogP) is 4.29. The lowest BCUT2D eigenvalue weighted by atomic mass is 9.98. The Morgan fingerprint density at radius 1 is 1.08 bits per heavy atom. The number of Topliss-reactive ketones (excluding diaryl/α,β-unsaturated/α-hetero) is 1. The number of allylic oxidation sites excluding steroid dienone is 1. The summed E-state index contributed by atoms with van der Waals surface area (Å²) in [5, 5.41) is 0.629. The largest absolute Gasteiger partial charge is 0.294 e. The number of aryl methyl sites for hydroxylation is 1. The fourth-order valence-electron chi connectivity index (χ4n) is 2.70. The van der Waals surface area contributed by atoms with E-state index < -0.39 is 17.0 Å². The smallest absolute Gasteiger partial charge is 0.160 e. The predicted molar refractivity (Wildman–Crippen MR) is 97.2 cm³/mol. The van der Waals surface area contributed by atoms with Gasteiger partial charge in [-0.15, -0.1) is 0 Å². The molecular formula is C19H18ClNO2S. The van der Waals surface area contributed by atoms with Crippen LogP contribution in [-0.4, -0.2) is 9.99 Å². The zero-order chi connectivity index (χ0) is 17.1. The van der Waals surface area contributed by atoms with Crippen molar-refractivity contribution in [3.05, 3.63) is 76.3 Å². The van der Waals surface area contributed by atoms with Gasteiger partial charge in [-0.2, -0.15) is 0 Å². The van der Waals surface area contributed by atoms with Gasteiger partial charge in [-0.25, -0.2) is 8.93 Å². The molecule has 2 aromatic carbocycles. The topological polar surface area (TPSA) is 46.2 Å². The number of carbonyl (C=O) groups is 1. The molecule has 1 aliphatic rings. The molecule has 0 heterocycles. The maximum atomic E-state index is 12.7. The number of rotatable bonds is 5. The van der Waals surface area contributed by atoms with Gasteiger partial charge < -0.3 is 0 Å². The van der Waals surface area contributed by atoms with Crippen molar-refractivity contribution in [2.45, 2.75) is 30.7 Å². The minimum absolute atomic E-state index is 0.100. The lowest BCUT2D eigenvalue weighted by Gasteiger charge is -2.19. The Morgan fingerprint density at radius 3 is 2.33 bits per heavy atom. The van der Waals surface area contributed by atoms with E-state index in [1.165, 1.54) is 0 Å². The Kier molecular flexibility index (Phi) is 5.29. The Labute approximate surface area is 149 Å². The lowest BCUT2D eigenvalue weighted by molar-refractivity contribution is -0.115. The van der Waals surface area contributed by atoms with Crippen LogP contribution < -0.4 is 4.72 Å². The second-order valence-corrected chi connectivity index (χ2v) is 7.49. The number of nitrogens with one attached hydrogen (secondary N) is 1. The van der Waals surface area contributed by atoms with Crippen molar-refractivity contribution < 1.29 is 9.00 Å². The molecule has 0 saturated carbocycles. The molecule has 3 rings (SSSR count). The molecule has 0 fully saturated rings. The van der Waals surface area contributed by atoms with E-state index in [1.807, 2.05) is 49.4 Å². The summed E-state index contributed by atoms with van der Waals surface area (Å²) in [4.78, 5) is 12.9. The number of carbonyl (C=O) groups excluding carboxylic acids is 1. The number of benzene rings is 2. The van der Waals surface area contributed by atoms with Gasteiger partial charge in [-0.3, -0.25) is 4.79 Å². The van der Waals surface area contributed by atoms with E-state index in [-0.39, 0.29) is 5.78 Å². The summed E-state index contributed by atoms with van der Waals surface area (Å²) in [6.45, 7) is 1.98. The van der Waals surface area contributed by atoms with E-state index in [1.54, 1.807) is 12.1 Å². The van der Waals surface area contributed by atoms with Gasteiger partial charge in [0.05, 0.1) is 10.9 Å². The van der Waals surface area contributed by atoms with Crippen LogP contribution in [0.2, 0.25) is 5.02 Å². The third-order valence-corrected chi connectivity index (χ3v) is 5.43. The maximum absolute atomic E-state index is 12.7. The number of halogens is 1. The Bertz CT molecular complexity index is 797. The van der Waals surface area contributed by atoms with Crippen LogP contribution in [0.1, 0.15) is 30.0 Å². The van der Waals surface area contributed by atoms with E-state index in [0.29, 0.717) is 21.9 Å². The molecule has 0 aliphatic heterocycles. The second kappa shape index (κ2) is 7.43. The minimum atomic E-state index is -1.41. The molecule has 24 heavy (non-hydrogen) atoms. The third kappa shape index (κ3) is 3.83. The van der Waals surface area contributed by atoms with Gasteiger partial charge in [0.15, 0.2) is 5.78 Å². The third-order valence-electron chi connectivity index (χ3n) is 4.03. The highest BCUT2D eigenvalue weighted by atomic mass is 35.5. The molecule has 0 amide bonds. The van der Waals surface area contributed by atoms with Crippen molar-refractivity contribution in [3.8, 4) is 0 Å². The van der Waals surface area contributed by atoms with Crippen LogP contribution in [0.3, 0.4) is 0 Å². The second-order valence-electron chi connectivity index (χ2n) is 5.81. The highest BCUT2D eigenvalue weighted by molar-refractivity contribution is 7.83. The molecule has 0 bridgehead atoms. The van der Waals surface area contributed by atoms with E-state index in [0.717, 1.165) is 17.5 Å². The first-order valence-corrected chi connectivity index (χ1v) is 9.31. The molecule has 124 valence electrons. The molecule has 0 spiro atoms. The quantitative estimate of drug-likeness (QED) is 0.865. The summed E-state index contributed by atoms with van der Waals surface area (Å²) in [5.74, 6) is 0.100. The molecule has 1 N–H and O–H groups in total. The molecule has 2 aromatic rings. The average molecular weight is 360 g/mol. The van der Waals surface area contributed by atoms with Crippen LogP contribution in [0.4, 0.5) is 0 Å². The van der Waals surface area contributed by atoms with E-state index in [4.69, 9.17) is 11.6 Å². The summed E-state index contributed by atoms with van der Waals surface area (Å²) in [5.41, 5.74) is 2.66. The van der Waals surface area contributed by atoms with Gasteiger partial charge in [0.2, 0.25) is 0 Å². The van der Waals surface area contributed by atoms with Crippen LogP contribution in [-0.2, 0) is 15.8 Å². The van der Waals surface area contributed by atoms with Gasteiger partial charge in [-0.1, -0.05) is 47.5 Å². The Morgan fingerprint density at radius 2 is 1.75 bits per heavy atom. The molecule has 0 aromatic heterocycles. The molecule has 1 aliphatic carbocycles. The van der Waals surface area contributed by atoms with Crippen molar-refractivity contribution in [3.63, 3.8) is 0 Å². The monoisotopic (exact) mass is 359 g/mol. The number of hydrogen-bond donors (Lipinski definition) is 1. The van der Waals surface area contributed by atoms with Gasteiger partial charge in [0.25, 0.3) is 0 Å². The van der Waals surface area contributed by atoms with Crippen LogP contribution in [0.15, 0.2) is 65.1 Å². The highest BCUT2D eigenvalue weighted by Gasteiger charge is 2.27. The van der Waals surface area contributed by atoms with Gasteiger partial charge >= 0.3 is 0 Å². The van der Waals surface area contributed by atoms with Crippen LogP contribution in [0.5, 0.6) is 0 Å². The van der Waals surface area contributed by atoms with Gasteiger partial charge in [0.1, 0.15) is 11.0 Å². The lowest BCUT2D eigenvalue weighted by Crippen LogP contribution is -2.27. The highest BCUT2D eigenvalue weighted by Crippen LogP contribution is 2.30. The van der Waals surface area contributed by atoms with Gasteiger partial charge in [-0.05, 0) is 43.2 Å². The van der Waals surface area contributed by atoms with Crippen molar-refractivity contribution in [2.24, 2.45) is 0 Å². The summed E-state index contributed by atoms with van der Waals surface area (Å²) >= 11 is 5.96. The standard InChI is InChI=1S/C19H18ClNO2S/c1-13-5-11-16(12-6-13)24(23)21-19(17-3-2-4-18(17)22)14-7-9-15(20)10-8-14/h3,5-12,19,21H,2,4H2,1H3/t19-,24?/m1/s1. The summed E-state index contributed by atoms with van der Waals surface area (Å²) in [6, 6.07) is 14.4. The first-order valence-electron chi connectivity index (χ1n) is 7.78. The zero-order valence-corrected chi connectivity index (χ0v) is 14.9. The molecule has 0 saturated heterocycles. The molecule has 0 radical (unpaired) electrons. The number of hydrogen-bond acceptors (Lipinski definition) is 2. The van der Waals surface area contributed by atoms with Crippen LogP contribution in [0, 0.1) is 6.92 Å². The number of ketones is 1. The molecule has 3 nitrogen and oxygen atoms in total. The Hall–Kier alpha value is -1.75. The SMILES string of the molecule is Cc1ccc(S(=O)N[C@@H](C2=CCCC2=O)c2ccc(Cl)cc2)cc1. The normalized spacial score (nSPS) is 16.8. The summed E-state index contributed by atoms with van der Waals surface area (Å²) in [6.07, 6.45) is 3.18. The van der Waals surface area contributed by atoms with E-state index >= 15 is 0 Å². The fraction of sp³-hybridized carbons (Fsp3) is 0.211. The van der Waals surface area contributed by atoms with E-state index in [2.05, 4.69) is 4.72 Å². The molecule has 5 heteroatoms. The van der Waals surface area contributed by atoms with Crippen molar-refractivity contribution in [1.82, 2.24) is 4.72 Å². The fourth-order valence-corrected chi connectivity index (χ4v) is 3.82. The van der Waals surface area contributed by atoms with Gasteiger partial charge in [0, 0.05) is 17.0 Å². The molecular weight excluding hydrogens is 342 g/mol. The van der Waals surface area contributed by atoms with Crippen molar-refractivity contribution in [2.75, 3.05) is 0 Å². The Balaban J connectivity index is 1.90. The van der Waals surface area contributed by atoms with Crippen molar-refractivity contribution >= 4 is 28.4 Å². The van der Waals surface area contributed by atoms with Crippen molar-refractivity contribution in [1.29, 1.82) is 0 Å². The van der Waals surface area contributed by atoms with E-state index in [9.17, 15) is 9.00 Å². The minimum Gasteiger partial charge on any atom is -0.294 e. The first kappa shape index (κ1) is 17.1. The van der Waals surface area contributed by atoms with Crippen LogP contribution >= 0.6 is 11.6 Å².